The monoisotopic (exact) mass is 680 g/mol. The normalized spacial score (nSPS) is 55.3. The molecule has 3 saturated heterocycles. The van der Waals surface area contributed by atoms with Crippen LogP contribution in [0.15, 0.2) is 0 Å². The molecule has 0 bridgehead atoms. The Morgan fingerprint density at radius 2 is 0.826 bits per heavy atom. The second kappa shape index (κ2) is 15.0. The molecule has 21 atom stereocenters. The van der Waals surface area contributed by atoms with E-state index in [4.69, 9.17) is 28.4 Å². The molecule has 4 fully saturated rings. The van der Waals surface area contributed by atoms with Crippen LogP contribution in [-0.2, 0) is 28.4 Å². The van der Waals surface area contributed by atoms with Crippen LogP contribution >= 0.6 is 0 Å². The van der Waals surface area contributed by atoms with E-state index in [0.717, 1.165) is 6.92 Å². The molecule has 1 aliphatic carbocycles. The average molecular weight is 681 g/mol. The summed E-state index contributed by atoms with van der Waals surface area (Å²) in [4.78, 5) is 0. The molecule has 15 N–H and O–H groups in total. The fourth-order valence-electron chi connectivity index (χ4n) is 5.69. The van der Waals surface area contributed by atoms with E-state index in [1.165, 1.54) is 0 Å². The number of hydrogen-bond donors (Lipinski definition) is 15. The lowest BCUT2D eigenvalue weighted by molar-refractivity contribution is -0.358. The highest BCUT2D eigenvalue weighted by molar-refractivity contribution is 5.07. The van der Waals surface area contributed by atoms with Gasteiger partial charge in [-0.25, -0.2) is 0 Å². The maximum Gasteiger partial charge on any atom is 0.187 e. The summed E-state index contributed by atoms with van der Waals surface area (Å²) >= 11 is 0. The summed E-state index contributed by atoms with van der Waals surface area (Å²) in [6, 6.07) is 0. The molecule has 270 valence electrons. The smallest absolute Gasteiger partial charge is 0.187 e. The molecule has 21 heteroatoms. The zero-order chi connectivity index (χ0) is 34.4. The third-order valence-corrected chi connectivity index (χ3v) is 8.84. The van der Waals surface area contributed by atoms with Crippen LogP contribution in [0.3, 0.4) is 0 Å². The summed E-state index contributed by atoms with van der Waals surface area (Å²) in [5, 5.41) is 153. The molecular weight excluding hydrogens is 636 g/mol. The van der Waals surface area contributed by atoms with Gasteiger partial charge in [0.15, 0.2) is 18.9 Å². The van der Waals surface area contributed by atoms with E-state index in [2.05, 4.69) is 0 Å². The largest absolute Gasteiger partial charge is 0.394 e. The van der Waals surface area contributed by atoms with Crippen LogP contribution in [0.25, 0.3) is 0 Å². The Balaban J connectivity index is 1.38. The lowest BCUT2D eigenvalue weighted by Gasteiger charge is -2.49. The van der Waals surface area contributed by atoms with Crippen molar-refractivity contribution in [2.45, 2.75) is 135 Å². The minimum atomic E-state index is -2.35. The molecule has 4 aliphatic rings. The summed E-state index contributed by atoms with van der Waals surface area (Å²) in [5.74, 6) is 0. The Bertz CT molecular complexity index is 956. The molecule has 0 aromatic heterocycles. The molecule has 0 amide bonds. The van der Waals surface area contributed by atoms with Gasteiger partial charge in [-0.2, -0.15) is 0 Å². The van der Waals surface area contributed by atoms with Crippen molar-refractivity contribution in [2.75, 3.05) is 19.8 Å². The highest BCUT2D eigenvalue weighted by Gasteiger charge is 2.58. The van der Waals surface area contributed by atoms with Crippen molar-refractivity contribution in [3.63, 3.8) is 0 Å². The molecule has 3 aliphatic heterocycles. The Labute approximate surface area is 260 Å². The predicted octanol–water partition coefficient (Wildman–Crippen LogP) is -9.97. The van der Waals surface area contributed by atoms with Gasteiger partial charge in [0.2, 0.25) is 0 Å². The minimum absolute atomic E-state index is 0.659. The van der Waals surface area contributed by atoms with E-state index >= 15 is 0 Å². The third kappa shape index (κ3) is 7.21. The van der Waals surface area contributed by atoms with Crippen LogP contribution in [-0.4, -0.2) is 225 Å². The zero-order valence-corrected chi connectivity index (χ0v) is 24.3. The van der Waals surface area contributed by atoms with Crippen molar-refractivity contribution in [1.82, 2.24) is 0 Å². The molecular formula is C25H44O21. The Hall–Kier alpha value is -0.840. The number of ether oxygens (including phenoxy) is 6. The summed E-state index contributed by atoms with van der Waals surface area (Å²) < 4.78 is 32.2. The highest BCUT2D eigenvalue weighted by Crippen LogP contribution is 2.34. The van der Waals surface area contributed by atoms with E-state index in [1.54, 1.807) is 0 Å². The summed E-state index contributed by atoms with van der Waals surface area (Å²) in [5.41, 5.74) is -2.35. The molecule has 1 saturated carbocycles. The van der Waals surface area contributed by atoms with Gasteiger partial charge in [0, 0.05) is 0 Å². The van der Waals surface area contributed by atoms with E-state index in [1.807, 2.05) is 0 Å². The van der Waals surface area contributed by atoms with Crippen molar-refractivity contribution < 1.29 is 105 Å². The Morgan fingerprint density at radius 3 is 1.24 bits per heavy atom. The molecule has 0 radical (unpaired) electrons. The molecule has 46 heavy (non-hydrogen) atoms. The number of hydrogen-bond acceptors (Lipinski definition) is 21. The Morgan fingerprint density at radius 1 is 0.478 bits per heavy atom. The van der Waals surface area contributed by atoms with Gasteiger partial charge < -0.3 is 105 Å². The van der Waals surface area contributed by atoms with Crippen molar-refractivity contribution in [2.24, 2.45) is 0 Å². The maximum absolute atomic E-state index is 10.5. The van der Waals surface area contributed by atoms with Gasteiger partial charge in [-0.05, 0) is 6.92 Å². The van der Waals surface area contributed by atoms with Gasteiger partial charge in [-0.15, -0.1) is 0 Å². The first-order valence-corrected chi connectivity index (χ1v) is 14.5. The first-order valence-electron chi connectivity index (χ1n) is 14.5. The third-order valence-electron chi connectivity index (χ3n) is 8.84. The van der Waals surface area contributed by atoms with Gasteiger partial charge in [-0.1, -0.05) is 0 Å². The van der Waals surface area contributed by atoms with Gasteiger partial charge in [0.05, 0.1) is 19.8 Å². The molecule has 0 aromatic carbocycles. The first kappa shape index (κ1) is 38.0. The second-order valence-corrected chi connectivity index (χ2v) is 12.1. The average Bonchev–Trinajstić information content (AvgIpc) is 3.03. The second-order valence-electron chi connectivity index (χ2n) is 12.1. The van der Waals surface area contributed by atoms with Crippen LogP contribution in [0.4, 0.5) is 0 Å². The SMILES string of the molecule is C[C@]1(O)C(O)C(O)[C@H](O[C@@H]2OC(CO[C@H]3OC(CO[C@H]4OC(CO)[C@H](O)[C@@H](O)C4O)[C@H](O)[C@@H](O)C3O)[C@H](O)[C@@H](O)C2O)[C@@H](O)C1O. The molecule has 3 heterocycles. The molecule has 0 aromatic rings. The fourth-order valence-corrected chi connectivity index (χ4v) is 5.69. The van der Waals surface area contributed by atoms with E-state index in [0.29, 0.717) is 0 Å². The fraction of sp³-hybridized carbons (Fsp3) is 1.00. The van der Waals surface area contributed by atoms with Gasteiger partial charge >= 0.3 is 0 Å². The van der Waals surface area contributed by atoms with Crippen LogP contribution in [0, 0.1) is 0 Å². The highest BCUT2D eigenvalue weighted by atomic mass is 16.7. The van der Waals surface area contributed by atoms with Crippen LogP contribution in [0.1, 0.15) is 6.92 Å². The van der Waals surface area contributed by atoms with E-state index in [-0.39, 0.29) is 0 Å². The van der Waals surface area contributed by atoms with E-state index in [9.17, 15) is 76.6 Å². The first-order chi connectivity index (χ1) is 21.4. The van der Waals surface area contributed by atoms with Gasteiger partial charge in [-0.3, -0.25) is 0 Å². The number of aliphatic hydroxyl groups is 15. The van der Waals surface area contributed by atoms with Crippen molar-refractivity contribution in [1.29, 1.82) is 0 Å². The van der Waals surface area contributed by atoms with Gasteiger partial charge in [0.25, 0.3) is 0 Å². The number of aliphatic hydroxyl groups excluding tert-OH is 14. The van der Waals surface area contributed by atoms with Crippen molar-refractivity contribution >= 4 is 0 Å². The molecule has 4 rings (SSSR count). The summed E-state index contributed by atoms with van der Waals surface area (Å²) in [6.45, 7) is -1.21. The van der Waals surface area contributed by atoms with E-state index < -0.39 is 148 Å². The predicted molar refractivity (Wildman–Crippen MR) is 139 cm³/mol. The van der Waals surface area contributed by atoms with Crippen LogP contribution < -0.4 is 0 Å². The Kier molecular flexibility index (Phi) is 12.3. The molecule has 0 spiro atoms. The maximum atomic E-state index is 10.5. The lowest BCUT2D eigenvalue weighted by Crippen LogP contribution is -2.71. The molecule has 21 nitrogen and oxygen atoms in total. The lowest BCUT2D eigenvalue weighted by atomic mass is 9.76. The minimum Gasteiger partial charge on any atom is -0.394 e. The van der Waals surface area contributed by atoms with Crippen molar-refractivity contribution in [3.8, 4) is 0 Å². The summed E-state index contributed by atoms with van der Waals surface area (Å²) in [7, 11) is 0. The molecule has 9 unspecified atom stereocenters. The standard InChI is InChI=1S/C25H44O21/c1-25(40)20(38)17(36)19(18(37)21(25)39)46-24-16(35)13(32)10(29)7(45-24)4-42-23-15(34)12(31)9(28)6(44-23)3-41-22-14(33)11(30)8(27)5(2-26)43-22/h5-24,26-40H,2-4H2,1H3/t5?,6?,7?,8-,9-,10-,11+,12+,13+,14?,15?,16?,17+,18?,19+,20?,21?,22-,23-,24-,25+/m0/s1. The van der Waals surface area contributed by atoms with Crippen LogP contribution in [0.2, 0.25) is 0 Å². The van der Waals surface area contributed by atoms with Crippen molar-refractivity contribution in [3.05, 3.63) is 0 Å². The zero-order valence-electron chi connectivity index (χ0n) is 24.3. The quantitative estimate of drug-likeness (QED) is 0.107. The number of rotatable bonds is 9. The van der Waals surface area contributed by atoms with Gasteiger partial charge in [0.1, 0.15) is 109 Å². The summed E-state index contributed by atoms with van der Waals surface area (Å²) in [6.07, 6.45) is -36.4. The van der Waals surface area contributed by atoms with Crippen LogP contribution in [0.5, 0.6) is 0 Å². The topological polar surface area (TPSA) is 359 Å².